The highest BCUT2D eigenvalue weighted by molar-refractivity contribution is 7.99. The Hall–Kier alpha value is -0.930. The zero-order valence-electron chi connectivity index (χ0n) is 9.90. The molecule has 0 aliphatic rings. The third kappa shape index (κ3) is 3.27. The van der Waals surface area contributed by atoms with Gasteiger partial charge in [0.1, 0.15) is 5.82 Å². The third-order valence-electron chi connectivity index (χ3n) is 2.29. The molecule has 1 N–H and O–H groups in total. The number of H-pyrrole nitrogens is 1. The number of benzene rings is 1. The SMILES string of the molecule is CC(C)Sc1ccc(-c2cnc(CCl)[nH]2)cc1. The maximum atomic E-state index is 5.71. The van der Waals surface area contributed by atoms with Crippen LogP contribution >= 0.6 is 23.4 Å². The summed E-state index contributed by atoms with van der Waals surface area (Å²) in [6, 6.07) is 8.49. The standard InChI is InChI=1S/C13H15ClN2S/c1-9(2)17-11-5-3-10(4-6-11)12-8-15-13(7-14)16-12/h3-6,8-9H,7H2,1-2H3,(H,15,16). The van der Waals surface area contributed by atoms with E-state index in [1.807, 2.05) is 18.0 Å². The number of imidazole rings is 1. The van der Waals surface area contributed by atoms with Crippen LogP contribution in [0.15, 0.2) is 35.4 Å². The first kappa shape index (κ1) is 12.5. The molecule has 2 rings (SSSR count). The molecule has 0 spiro atoms. The molecule has 90 valence electrons. The fraction of sp³-hybridized carbons (Fsp3) is 0.308. The molecule has 0 radical (unpaired) electrons. The molecule has 4 heteroatoms. The van der Waals surface area contributed by atoms with Gasteiger partial charge in [-0.3, -0.25) is 0 Å². The van der Waals surface area contributed by atoms with Crippen molar-refractivity contribution in [2.24, 2.45) is 0 Å². The maximum absolute atomic E-state index is 5.71. The number of hydrogen-bond donors (Lipinski definition) is 1. The maximum Gasteiger partial charge on any atom is 0.121 e. The molecule has 2 aromatic rings. The van der Waals surface area contributed by atoms with Crippen LogP contribution in [0.25, 0.3) is 11.3 Å². The molecular formula is C13H15ClN2S. The Kier molecular flexibility index (Phi) is 4.13. The van der Waals surface area contributed by atoms with Crippen LogP contribution < -0.4 is 0 Å². The van der Waals surface area contributed by atoms with Gasteiger partial charge in [0.05, 0.1) is 17.8 Å². The first-order chi connectivity index (χ1) is 8.19. The van der Waals surface area contributed by atoms with Crippen LogP contribution in [0.4, 0.5) is 0 Å². The summed E-state index contributed by atoms with van der Waals surface area (Å²) in [7, 11) is 0. The fourth-order valence-corrected chi connectivity index (χ4v) is 2.54. The summed E-state index contributed by atoms with van der Waals surface area (Å²) < 4.78 is 0. The molecule has 0 atom stereocenters. The number of nitrogens with one attached hydrogen (secondary N) is 1. The molecule has 0 fully saturated rings. The van der Waals surface area contributed by atoms with Gasteiger partial charge in [-0.2, -0.15) is 0 Å². The Labute approximate surface area is 111 Å². The summed E-state index contributed by atoms with van der Waals surface area (Å²) in [5.74, 6) is 1.23. The number of rotatable bonds is 4. The van der Waals surface area contributed by atoms with Crippen molar-refractivity contribution >= 4 is 23.4 Å². The lowest BCUT2D eigenvalue weighted by Gasteiger charge is -2.05. The number of alkyl halides is 1. The van der Waals surface area contributed by atoms with Gasteiger partial charge < -0.3 is 4.98 Å². The minimum Gasteiger partial charge on any atom is -0.341 e. The van der Waals surface area contributed by atoms with Gasteiger partial charge in [-0.25, -0.2) is 4.98 Å². The Bertz CT molecular complexity index is 476. The Morgan fingerprint density at radius 3 is 2.53 bits per heavy atom. The van der Waals surface area contributed by atoms with Crippen molar-refractivity contribution < 1.29 is 0 Å². The molecule has 2 nitrogen and oxygen atoms in total. The smallest absolute Gasteiger partial charge is 0.121 e. The lowest BCUT2D eigenvalue weighted by atomic mass is 10.2. The average molecular weight is 267 g/mol. The second-order valence-electron chi connectivity index (χ2n) is 4.07. The van der Waals surface area contributed by atoms with Gasteiger partial charge in [0.2, 0.25) is 0 Å². The van der Waals surface area contributed by atoms with Gasteiger partial charge in [0, 0.05) is 10.1 Å². The minimum atomic E-state index is 0.418. The van der Waals surface area contributed by atoms with E-state index >= 15 is 0 Å². The summed E-state index contributed by atoms with van der Waals surface area (Å²) >= 11 is 7.58. The van der Waals surface area contributed by atoms with E-state index < -0.39 is 0 Å². The second-order valence-corrected chi connectivity index (χ2v) is 5.99. The van der Waals surface area contributed by atoms with E-state index in [1.165, 1.54) is 4.90 Å². The number of aromatic amines is 1. The van der Waals surface area contributed by atoms with Gasteiger partial charge in [-0.05, 0) is 17.7 Å². The predicted molar refractivity (Wildman–Crippen MR) is 74.6 cm³/mol. The number of hydrogen-bond acceptors (Lipinski definition) is 2. The number of aromatic nitrogens is 2. The summed E-state index contributed by atoms with van der Waals surface area (Å²) in [5.41, 5.74) is 2.16. The first-order valence-corrected chi connectivity index (χ1v) is 6.97. The molecular weight excluding hydrogens is 252 g/mol. The van der Waals surface area contributed by atoms with Gasteiger partial charge in [0.15, 0.2) is 0 Å². The lowest BCUT2D eigenvalue weighted by Crippen LogP contribution is -1.86. The zero-order chi connectivity index (χ0) is 12.3. The molecule has 1 aromatic carbocycles. The van der Waals surface area contributed by atoms with Gasteiger partial charge in [-0.15, -0.1) is 23.4 Å². The van der Waals surface area contributed by atoms with Crippen LogP contribution in [0.5, 0.6) is 0 Å². The first-order valence-electron chi connectivity index (χ1n) is 5.56. The monoisotopic (exact) mass is 266 g/mol. The molecule has 0 aliphatic heterocycles. The second kappa shape index (κ2) is 5.61. The Morgan fingerprint density at radius 2 is 2.00 bits per heavy atom. The molecule has 0 unspecified atom stereocenters. The third-order valence-corrected chi connectivity index (χ3v) is 3.56. The van der Waals surface area contributed by atoms with Crippen molar-refractivity contribution in [2.75, 3.05) is 0 Å². The van der Waals surface area contributed by atoms with Gasteiger partial charge in [0.25, 0.3) is 0 Å². The van der Waals surface area contributed by atoms with Crippen LogP contribution in [0.1, 0.15) is 19.7 Å². The Morgan fingerprint density at radius 1 is 1.29 bits per heavy atom. The summed E-state index contributed by atoms with van der Waals surface area (Å²) in [5, 5.41) is 0.607. The van der Waals surface area contributed by atoms with Crippen molar-refractivity contribution in [3.8, 4) is 11.3 Å². The van der Waals surface area contributed by atoms with E-state index in [0.717, 1.165) is 17.1 Å². The molecule has 0 saturated heterocycles. The van der Waals surface area contributed by atoms with Gasteiger partial charge in [-0.1, -0.05) is 26.0 Å². The minimum absolute atomic E-state index is 0.418. The quantitative estimate of drug-likeness (QED) is 0.660. The molecule has 17 heavy (non-hydrogen) atoms. The van der Waals surface area contributed by atoms with Gasteiger partial charge >= 0.3 is 0 Å². The zero-order valence-corrected chi connectivity index (χ0v) is 11.5. The summed E-state index contributed by atoms with van der Waals surface area (Å²) in [4.78, 5) is 8.67. The topological polar surface area (TPSA) is 28.7 Å². The van der Waals surface area contributed by atoms with Crippen LogP contribution in [0.3, 0.4) is 0 Å². The van der Waals surface area contributed by atoms with E-state index in [1.54, 1.807) is 0 Å². The van der Waals surface area contributed by atoms with Crippen LogP contribution in [0.2, 0.25) is 0 Å². The lowest BCUT2D eigenvalue weighted by molar-refractivity contribution is 1.11. The normalized spacial score (nSPS) is 11.1. The van der Waals surface area contributed by atoms with E-state index in [2.05, 4.69) is 48.1 Å². The largest absolute Gasteiger partial charge is 0.341 e. The highest BCUT2D eigenvalue weighted by Gasteiger charge is 2.03. The fourth-order valence-electron chi connectivity index (χ4n) is 1.56. The number of nitrogens with zero attached hydrogens (tertiary/aromatic N) is 1. The molecule has 1 aromatic heterocycles. The number of thioether (sulfide) groups is 1. The molecule has 1 heterocycles. The molecule has 0 amide bonds. The van der Waals surface area contributed by atoms with E-state index in [9.17, 15) is 0 Å². The highest BCUT2D eigenvalue weighted by Crippen LogP contribution is 2.25. The predicted octanol–water partition coefficient (Wildman–Crippen LogP) is 4.32. The van der Waals surface area contributed by atoms with Crippen molar-refractivity contribution in [1.29, 1.82) is 0 Å². The van der Waals surface area contributed by atoms with Crippen molar-refractivity contribution in [2.45, 2.75) is 29.9 Å². The van der Waals surface area contributed by atoms with Crippen LogP contribution in [0, 0.1) is 0 Å². The molecule has 0 bridgehead atoms. The van der Waals surface area contributed by atoms with Crippen LogP contribution in [-0.4, -0.2) is 15.2 Å². The van der Waals surface area contributed by atoms with Crippen LogP contribution in [-0.2, 0) is 5.88 Å². The van der Waals surface area contributed by atoms with Crippen molar-refractivity contribution in [3.63, 3.8) is 0 Å². The Balaban J connectivity index is 2.17. The molecule has 0 aliphatic carbocycles. The summed E-state index contributed by atoms with van der Waals surface area (Å²) in [6.45, 7) is 4.39. The average Bonchev–Trinajstić information content (AvgIpc) is 2.78. The van der Waals surface area contributed by atoms with E-state index in [0.29, 0.717) is 11.1 Å². The number of halogens is 1. The summed E-state index contributed by atoms with van der Waals surface area (Å²) in [6.07, 6.45) is 1.82. The van der Waals surface area contributed by atoms with E-state index in [4.69, 9.17) is 11.6 Å². The molecule has 0 saturated carbocycles. The van der Waals surface area contributed by atoms with Crippen molar-refractivity contribution in [1.82, 2.24) is 9.97 Å². The highest BCUT2D eigenvalue weighted by atomic mass is 35.5. The van der Waals surface area contributed by atoms with E-state index in [-0.39, 0.29) is 0 Å². The van der Waals surface area contributed by atoms with Crippen molar-refractivity contribution in [3.05, 3.63) is 36.3 Å².